The summed E-state index contributed by atoms with van der Waals surface area (Å²) >= 11 is 0. The molecule has 1 aromatic heterocycles. The van der Waals surface area contributed by atoms with Gasteiger partial charge in [0.15, 0.2) is 11.7 Å². The van der Waals surface area contributed by atoms with E-state index in [0.717, 1.165) is 12.4 Å². The Morgan fingerprint density at radius 2 is 1.94 bits per heavy atom. The lowest BCUT2D eigenvalue weighted by Gasteiger charge is -2.35. The molecule has 0 radical (unpaired) electrons. The van der Waals surface area contributed by atoms with Gasteiger partial charge >= 0.3 is 6.18 Å². The molecule has 14 heteroatoms. The number of hydrogen-bond acceptors (Lipinski definition) is 8. The molecule has 0 saturated carbocycles. The van der Waals surface area contributed by atoms with Gasteiger partial charge in [-0.2, -0.15) is 13.2 Å². The second-order valence-electron chi connectivity index (χ2n) is 7.96. The normalized spacial score (nSPS) is 22.8. The predicted molar refractivity (Wildman–Crippen MR) is 108 cm³/mol. The van der Waals surface area contributed by atoms with Crippen molar-refractivity contribution in [2.45, 2.75) is 31.6 Å². The Morgan fingerprint density at radius 1 is 1.27 bits per heavy atom. The van der Waals surface area contributed by atoms with Gasteiger partial charge in [-0.25, -0.2) is 19.8 Å². The molecule has 1 aromatic rings. The highest BCUT2D eigenvalue weighted by Gasteiger charge is 2.51. The van der Waals surface area contributed by atoms with Crippen molar-refractivity contribution in [3.8, 4) is 0 Å². The summed E-state index contributed by atoms with van der Waals surface area (Å²) in [5.41, 5.74) is 4.45. The SMILES string of the molecule is C[C@@H](COCCC(=O)N1CCN(c2ncc(F)cn2)CC1)NC1CNNC(=O)C1C(F)(F)F. The first-order valence-corrected chi connectivity index (χ1v) is 10.6. The number of hydrazine groups is 1. The van der Waals surface area contributed by atoms with Crippen LogP contribution in [0.4, 0.5) is 23.5 Å². The largest absolute Gasteiger partial charge is 0.402 e. The summed E-state index contributed by atoms with van der Waals surface area (Å²) in [6, 6.07) is -1.58. The number of carbonyl (C=O) groups excluding carboxylic acids is 2. The number of piperazine rings is 1. The molecule has 3 rings (SSSR count). The summed E-state index contributed by atoms with van der Waals surface area (Å²) in [6.07, 6.45) is -2.34. The monoisotopic (exact) mass is 477 g/mol. The van der Waals surface area contributed by atoms with Crippen molar-refractivity contribution in [3.63, 3.8) is 0 Å². The highest BCUT2D eigenvalue weighted by molar-refractivity contribution is 5.80. The van der Waals surface area contributed by atoms with E-state index in [1.54, 1.807) is 11.8 Å². The number of hydrogen-bond donors (Lipinski definition) is 3. The highest BCUT2D eigenvalue weighted by Crippen LogP contribution is 2.30. The first-order chi connectivity index (χ1) is 15.6. The highest BCUT2D eigenvalue weighted by atomic mass is 19.4. The number of alkyl halides is 3. The Bertz CT molecular complexity index is 804. The third-order valence-corrected chi connectivity index (χ3v) is 5.42. The maximum absolute atomic E-state index is 13.2. The van der Waals surface area contributed by atoms with Gasteiger partial charge in [-0.05, 0) is 6.92 Å². The van der Waals surface area contributed by atoms with Crippen LogP contribution in [0.3, 0.4) is 0 Å². The molecular weight excluding hydrogens is 450 g/mol. The molecule has 2 fully saturated rings. The fourth-order valence-electron chi connectivity index (χ4n) is 3.77. The van der Waals surface area contributed by atoms with E-state index in [0.29, 0.717) is 32.1 Å². The van der Waals surface area contributed by atoms with Gasteiger partial charge in [0.1, 0.15) is 0 Å². The summed E-state index contributed by atoms with van der Waals surface area (Å²) in [7, 11) is 0. The van der Waals surface area contributed by atoms with Crippen LogP contribution in [0.5, 0.6) is 0 Å². The quantitative estimate of drug-likeness (QED) is 0.350. The minimum atomic E-state index is -4.66. The summed E-state index contributed by atoms with van der Waals surface area (Å²) in [6.45, 7) is 3.75. The average Bonchev–Trinajstić information content (AvgIpc) is 2.76. The Hall–Kier alpha value is -2.58. The number of nitrogens with zero attached hydrogens (tertiary/aromatic N) is 4. The van der Waals surface area contributed by atoms with Crippen molar-refractivity contribution in [1.82, 2.24) is 31.0 Å². The summed E-state index contributed by atoms with van der Waals surface area (Å²) in [4.78, 5) is 35.4. The van der Waals surface area contributed by atoms with E-state index in [4.69, 9.17) is 4.74 Å². The number of aromatic nitrogens is 2. The molecule has 2 aliphatic rings. The first kappa shape index (κ1) is 25.1. The van der Waals surface area contributed by atoms with Crippen molar-refractivity contribution < 1.29 is 31.9 Å². The first-order valence-electron chi connectivity index (χ1n) is 10.6. The minimum Gasteiger partial charge on any atom is -0.379 e. The summed E-state index contributed by atoms with van der Waals surface area (Å²) < 4.78 is 57.9. The van der Waals surface area contributed by atoms with Crippen molar-refractivity contribution in [1.29, 1.82) is 0 Å². The van der Waals surface area contributed by atoms with E-state index >= 15 is 0 Å². The molecule has 3 atom stereocenters. The number of anilines is 1. The maximum Gasteiger partial charge on any atom is 0.402 e. The molecule has 3 heterocycles. The lowest BCUT2D eigenvalue weighted by Crippen LogP contribution is -2.64. The third-order valence-electron chi connectivity index (χ3n) is 5.42. The molecule has 3 N–H and O–H groups in total. The molecule has 2 saturated heterocycles. The van der Waals surface area contributed by atoms with E-state index in [1.807, 2.05) is 10.3 Å². The van der Waals surface area contributed by atoms with Gasteiger partial charge in [-0.1, -0.05) is 0 Å². The molecule has 2 aliphatic heterocycles. The number of amides is 2. The molecule has 0 spiro atoms. The van der Waals surface area contributed by atoms with E-state index in [9.17, 15) is 27.2 Å². The van der Waals surface area contributed by atoms with Crippen LogP contribution in [0.1, 0.15) is 13.3 Å². The molecule has 184 valence electrons. The van der Waals surface area contributed by atoms with Crippen LogP contribution in [-0.4, -0.2) is 90.9 Å². The van der Waals surface area contributed by atoms with Crippen LogP contribution in [0.2, 0.25) is 0 Å². The summed E-state index contributed by atoms with van der Waals surface area (Å²) in [5.74, 6) is -3.48. The lowest BCUT2D eigenvalue weighted by molar-refractivity contribution is -0.193. The van der Waals surface area contributed by atoms with Crippen LogP contribution < -0.4 is 21.1 Å². The predicted octanol–water partition coefficient (Wildman–Crippen LogP) is -0.169. The zero-order valence-corrected chi connectivity index (χ0v) is 18.1. The molecule has 0 aliphatic carbocycles. The smallest absolute Gasteiger partial charge is 0.379 e. The molecular formula is C19H27F4N7O3. The number of halogens is 4. The number of rotatable bonds is 8. The Kier molecular flexibility index (Phi) is 8.37. The van der Waals surface area contributed by atoms with E-state index in [2.05, 4.69) is 20.7 Å². The second kappa shape index (κ2) is 11.0. The van der Waals surface area contributed by atoms with Gasteiger partial charge in [0, 0.05) is 44.8 Å². The molecule has 0 bridgehead atoms. The molecule has 2 unspecified atom stereocenters. The number of carbonyl (C=O) groups is 2. The van der Waals surface area contributed by atoms with Crippen LogP contribution in [-0.2, 0) is 14.3 Å². The maximum atomic E-state index is 13.2. The zero-order valence-electron chi connectivity index (χ0n) is 18.1. The van der Waals surface area contributed by atoms with Crippen LogP contribution in [0, 0.1) is 11.7 Å². The third kappa shape index (κ3) is 6.95. The fourth-order valence-corrected chi connectivity index (χ4v) is 3.77. The van der Waals surface area contributed by atoms with Gasteiger partial charge in [-0.3, -0.25) is 15.0 Å². The Morgan fingerprint density at radius 3 is 2.58 bits per heavy atom. The standard InChI is InChI=1S/C19H27F4N7O3/c1-12(27-14-10-26-28-17(32)16(14)19(21,22)23)11-33-7-2-15(31)29-3-5-30(6-4-29)18-24-8-13(20)9-25-18/h8-9,12,14,16,26-27H,2-7,10-11H2,1H3,(H,28,32)/t12-,14?,16?/m0/s1. The number of nitrogens with one attached hydrogen (secondary N) is 3. The molecule has 33 heavy (non-hydrogen) atoms. The van der Waals surface area contributed by atoms with Crippen molar-refractivity contribution in [2.24, 2.45) is 5.92 Å². The van der Waals surface area contributed by atoms with Crippen molar-refractivity contribution in [2.75, 3.05) is 50.8 Å². The average molecular weight is 477 g/mol. The Labute approximate surface area is 188 Å². The zero-order chi connectivity index (χ0) is 24.0. The lowest BCUT2D eigenvalue weighted by atomic mass is 9.96. The van der Waals surface area contributed by atoms with Crippen LogP contribution >= 0.6 is 0 Å². The van der Waals surface area contributed by atoms with Crippen LogP contribution in [0.25, 0.3) is 0 Å². The molecule has 0 aromatic carbocycles. The van der Waals surface area contributed by atoms with Crippen molar-refractivity contribution >= 4 is 17.8 Å². The van der Waals surface area contributed by atoms with E-state index < -0.39 is 35.9 Å². The van der Waals surface area contributed by atoms with Crippen LogP contribution in [0.15, 0.2) is 12.4 Å². The molecule has 2 amide bonds. The van der Waals surface area contributed by atoms with Gasteiger partial charge < -0.3 is 19.9 Å². The fraction of sp³-hybridized carbons (Fsp3) is 0.684. The topological polar surface area (TPSA) is 112 Å². The van der Waals surface area contributed by atoms with Gasteiger partial charge in [-0.15, -0.1) is 0 Å². The molecule has 10 nitrogen and oxygen atoms in total. The van der Waals surface area contributed by atoms with E-state index in [1.165, 1.54) is 0 Å². The Balaban J connectivity index is 1.34. The number of ether oxygens (including phenoxy) is 1. The van der Waals surface area contributed by atoms with Crippen molar-refractivity contribution in [3.05, 3.63) is 18.2 Å². The minimum absolute atomic E-state index is 0.0757. The van der Waals surface area contributed by atoms with E-state index in [-0.39, 0.29) is 32.1 Å². The second-order valence-corrected chi connectivity index (χ2v) is 7.96. The van der Waals surface area contributed by atoms with Gasteiger partial charge in [0.05, 0.1) is 32.0 Å². The van der Waals surface area contributed by atoms with Gasteiger partial charge in [0.25, 0.3) is 0 Å². The summed E-state index contributed by atoms with van der Waals surface area (Å²) in [5, 5.41) is 2.78. The van der Waals surface area contributed by atoms with Gasteiger partial charge in [0.2, 0.25) is 17.8 Å².